The van der Waals surface area contributed by atoms with Crippen LogP contribution in [0.1, 0.15) is 24.0 Å². The summed E-state index contributed by atoms with van der Waals surface area (Å²) >= 11 is 0. The largest absolute Gasteiger partial charge is 0.370 e. The number of hydrogen-bond acceptors (Lipinski definition) is 3. The smallest absolute Gasteiger partial charge is 0.193 e. The van der Waals surface area contributed by atoms with E-state index in [9.17, 15) is 0 Å². The van der Waals surface area contributed by atoms with E-state index in [1.165, 1.54) is 17.5 Å². The van der Waals surface area contributed by atoms with Crippen LogP contribution in [0.3, 0.4) is 0 Å². The molecule has 3 rings (SSSR count). The molecule has 3 N–H and O–H groups in total. The molecule has 2 aromatic rings. The lowest BCUT2D eigenvalue weighted by Crippen LogP contribution is -2.46. The molecule has 0 bridgehead atoms. The fraction of sp³-hybridized carbons (Fsp3) is 0.435. The summed E-state index contributed by atoms with van der Waals surface area (Å²) in [5.74, 6) is 0.498. The average Bonchev–Trinajstić information content (AvgIpc) is 2.71. The number of aryl methyl sites for hydroxylation is 1. The molecule has 0 atom stereocenters. The third-order valence-electron chi connectivity index (χ3n) is 5.20. The number of guanidine groups is 1. The molecule has 1 fully saturated rings. The summed E-state index contributed by atoms with van der Waals surface area (Å²) in [6.07, 6.45) is 2.24. The normalized spacial score (nSPS) is 15.7. The van der Waals surface area contributed by atoms with Gasteiger partial charge in [0.05, 0.1) is 0 Å². The second-order valence-corrected chi connectivity index (χ2v) is 7.57. The highest BCUT2D eigenvalue weighted by molar-refractivity contribution is 14.0. The van der Waals surface area contributed by atoms with Crippen molar-refractivity contribution < 1.29 is 0 Å². The number of nitrogens with zero attached hydrogens (tertiary/aromatic N) is 3. The number of rotatable bonds is 8. The van der Waals surface area contributed by atoms with Crippen LogP contribution in [0, 0.1) is 6.92 Å². The van der Waals surface area contributed by atoms with Crippen LogP contribution in [-0.4, -0.2) is 55.0 Å². The first kappa shape index (κ1) is 23.6. The van der Waals surface area contributed by atoms with Gasteiger partial charge >= 0.3 is 0 Å². The monoisotopic (exact) mass is 507 g/mol. The summed E-state index contributed by atoms with van der Waals surface area (Å²) in [5, 5.41) is 3.15. The van der Waals surface area contributed by atoms with E-state index >= 15 is 0 Å². The Hall–Kier alpha value is -1.64. The van der Waals surface area contributed by atoms with Gasteiger partial charge in [-0.2, -0.15) is 0 Å². The molecule has 0 radical (unpaired) electrons. The number of aliphatic imine (C=N–C) groups is 1. The molecule has 1 aliphatic rings. The topological polar surface area (TPSA) is 56.9 Å². The fourth-order valence-corrected chi connectivity index (χ4v) is 3.48. The van der Waals surface area contributed by atoms with Gasteiger partial charge in [0.15, 0.2) is 5.96 Å². The summed E-state index contributed by atoms with van der Waals surface area (Å²) < 4.78 is 0. The van der Waals surface area contributed by atoms with Crippen molar-refractivity contribution in [1.29, 1.82) is 0 Å². The molecule has 5 nitrogen and oxygen atoms in total. The molecule has 6 heteroatoms. The van der Waals surface area contributed by atoms with Gasteiger partial charge in [0.2, 0.25) is 0 Å². The summed E-state index contributed by atoms with van der Waals surface area (Å²) in [7, 11) is 0. The molecule has 0 spiro atoms. The van der Waals surface area contributed by atoms with E-state index in [4.69, 9.17) is 5.73 Å². The second-order valence-electron chi connectivity index (χ2n) is 7.57. The van der Waals surface area contributed by atoms with Crippen molar-refractivity contribution in [2.75, 3.05) is 44.6 Å². The van der Waals surface area contributed by atoms with Gasteiger partial charge < -0.3 is 16.0 Å². The molecular weight excluding hydrogens is 473 g/mol. The van der Waals surface area contributed by atoms with Crippen LogP contribution >= 0.6 is 24.0 Å². The summed E-state index contributed by atoms with van der Waals surface area (Å²) in [6, 6.07) is 18.9. The van der Waals surface area contributed by atoms with Crippen LogP contribution in [-0.2, 0) is 6.54 Å². The maximum Gasteiger partial charge on any atom is 0.193 e. The van der Waals surface area contributed by atoms with E-state index < -0.39 is 0 Å². The van der Waals surface area contributed by atoms with Crippen LogP contribution in [0.25, 0.3) is 0 Å². The SMILES string of the molecule is Cc1ccc(NC(N)=NCCCCN2CCN(Cc3ccccc3)CC2)cc1.I. The van der Waals surface area contributed by atoms with Crippen molar-refractivity contribution in [3.8, 4) is 0 Å². The standard InChI is InChI=1S/C23H33N5.HI/c1-20-9-11-22(12-10-20)26-23(24)25-13-5-6-14-27-15-17-28(18-16-27)19-21-7-3-2-4-8-21;/h2-4,7-12H,5-6,13-19H2,1H3,(H3,24,25,26);1H. The molecule has 1 heterocycles. The Balaban J connectivity index is 0.00000300. The minimum Gasteiger partial charge on any atom is -0.370 e. The number of nitrogens with two attached hydrogens (primary N) is 1. The van der Waals surface area contributed by atoms with Gasteiger partial charge in [-0.1, -0.05) is 48.0 Å². The number of unbranched alkanes of at least 4 members (excludes halogenated alkanes) is 1. The average molecular weight is 507 g/mol. The first-order valence-corrected chi connectivity index (χ1v) is 10.3. The number of hydrogen-bond donors (Lipinski definition) is 2. The molecule has 0 amide bonds. The number of nitrogens with one attached hydrogen (secondary N) is 1. The predicted octanol–water partition coefficient (Wildman–Crippen LogP) is 3.94. The summed E-state index contributed by atoms with van der Waals surface area (Å²) in [6.45, 7) is 9.70. The van der Waals surface area contributed by atoms with E-state index in [0.29, 0.717) is 5.96 Å². The third-order valence-corrected chi connectivity index (χ3v) is 5.20. The predicted molar refractivity (Wildman–Crippen MR) is 134 cm³/mol. The van der Waals surface area contributed by atoms with E-state index in [1.54, 1.807) is 0 Å². The van der Waals surface area contributed by atoms with Gasteiger partial charge in [-0.15, -0.1) is 24.0 Å². The molecule has 29 heavy (non-hydrogen) atoms. The lowest BCUT2D eigenvalue weighted by molar-refractivity contribution is 0.126. The Morgan fingerprint density at radius 2 is 1.59 bits per heavy atom. The molecule has 1 saturated heterocycles. The zero-order chi connectivity index (χ0) is 19.6. The first-order chi connectivity index (χ1) is 13.7. The van der Waals surface area contributed by atoms with Crippen LogP contribution in [0.5, 0.6) is 0 Å². The van der Waals surface area contributed by atoms with E-state index in [0.717, 1.165) is 57.9 Å². The maximum absolute atomic E-state index is 5.97. The number of piperazine rings is 1. The molecule has 158 valence electrons. The van der Waals surface area contributed by atoms with E-state index in [-0.39, 0.29) is 24.0 Å². The van der Waals surface area contributed by atoms with Gasteiger partial charge in [-0.05, 0) is 44.0 Å². The Morgan fingerprint density at radius 3 is 2.28 bits per heavy atom. The summed E-state index contributed by atoms with van der Waals surface area (Å²) in [5.41, 5.74) is 9.60. The molecule has 0 saturated carbocycles. The van der Waals surface area contributed by atoms with Crippen LogP contribution in [0.15, 0.2) is 59.6 Å². The lowest BCUT2D eigenvalue weighted by Gasteiger charge is -2.34. The van der Waals surface area contributed by atoms with Gasteiger partial charge in [0.1, 0.15) is 0 Å². The van der Waals surface area contributed by atoms with Crippen molar-refractivity contribution >= 4 is 35.6 Å². The Bertz CT molecular complexity index is 725. The third kappa shape index (κ3) is 8.72. The zero-order valence-electron chi connectivity index (χ0n) is 17.4. The lowest BCUT2D eigenvalue weighted by atomic mass is 10.2. The van der Waals surface area contributed by atoms with Gasteiger partial charge in [-0.3, -0.25) is 9.89 Å². The highest BCUT2D eigenvalue weighted by Crippen LogP contribution is 2.10. The highest BCUT2D eigenvalue weighted by atomic mass is 127. The minimum atomic E-state index is 0. The van der Waals surface area contributed by atoms with Gasteiger partial charge in [-0.25, -0.2) is 0 Å². The minimum absolute atomic E-state index is 0. The number of benzene rings is 2. The zero-order valence-corrected chi connectivity index (χ0v) is 19.7. The fourth-order valence-electron chi connectivity index (χ4n) is 3.48. The molecule has 2 aromatic carbocycles. The van der Waals surface area contributed by atoms with Gasteiger partial charge in [0.25, 0.3) is 0 Å². The second kappa shape index (κ2) is 12.8. The van der Waals surface area contributed by atoms with Gasteiger partial charge in [0, 0.05) is 45.0 Å². The molecule has 0 aliphatic carbocycles. The van der Waals surface area contributed by atoms with Crippen LogP contribution in [0.2, 0.25) is 0 Å². The van der Waals surface area contributed by atoms with Crippen LogP contribution in [0.4, 0.5) is 5.69 Å². The van der Waals surface area contributed by atoms with Crippen molar-refractivity contribution in [2.45, 2.75) is 26.3 Å². The van der Waals surface area contributed by atoms with Crippen LogP contribution < -0.4 is 11.1 Å². The Labute approximate surface area is 192 Å². The highest BCUT2D eigenvalue weighted by Gasteiger charge is 2.16. The molecule has 1 aliphatic heterocycles. The number of halogens is 1. The van der Waals surface area contributed by atoms with E-state index in [1.807, 2.05) is 12.1 Å². The van der Waals surface area contributed by atoms with Crippen molar-refractivity contribution in [2.24, 2.45) is 10.7 Å². The number of anilines is 1. The van der Waals surface area contributed by atoms with Crippen molar-refractivity contribution in [3.63, 3.8) is 0 Å². The molecule has 0 unspecified atom stereocenters. The van der Waals surface area contributed by atoms with E-state index in [2.05, 4.69) is 69.5 Å². The maximum atomic E-state index is 5.97. The quantitative estimate of drug-likeness (QED) is 0.246. The molecular formula is C23H34IN5. The van der Waals surface area contributed by atoms with Crippen molar-refractivity contribution in [1.82, 2.24) is 9.80 Å². The Kier molecular flexibility index (Phi) is 10.5. The first-order valence-electron chi connectivity index (χ1n) is 10.3. The molecule has 0 aromatic heterocycles. The summed E-state index contributed by atoms with van der Waals surface area (Å²) in [4.78, 5) is 9.56. The van der Waals surface area contributed by atoms with Crippen molar-refractivity contribution in [3.05, 3.63) is 65.7 Å². The Morgan fingerprint density at radius 1 is 0.931 bits per heavy atom.